The van der Waals surface area contributed by atoms with Crippen LogP contribution in [0.2, 0.25) is 0 Å². The molecule has 0 aliphatic heterocycles. The number of amides is 1. The van der Waals surface area contributed by atoms with Crippen LogP contribution in [-0.2, 0) is 6.18 Å². The molecule has 3 aromatic carbocycles. The number of carbonyl (C=O) groups is 1. The third-order valence-corrected chi connectivity index (χ3v) is 4.72. The molecule has 6 heteroatoms. The molecule has 146 valence electrons. The molecule has 1 amide bonds. The lowest BCUT2D eigenvalue weighted by Crippen LogP contribution is -2.25. The minimum absolute atomic E-state index is 0.0489. The van der Waals surface area contributed by atoms with Crippen LogP contribution in [0.3, 0.4) is 0 Å². The van der Waals surface area contributed by atoms with Crippen LogP contribution in [0.5, 0.6) is 0 Å². The van der Waals surface area contributed by atoms with E-state index in [-0.39, 0.29) is 23.0 Å². The minimum atomic E-state index is -4.45. The van der Waals surface area contributed by atoms with Crippen molar-refractivity contribution in [3.8, 4) is 11.3 Å². The van der Waals surface area contributed by atoms with Gasteiger partial charge in [-0.05, 0) is 35.7 Å². The predicted molar refractivity (Wildman–Crippen MR) is 106 cm³/mol. The van der Waals surface area contributed by atoms with Crippen LogP contribution in [0.15, 0.2) is 83.3 Å². The summed E-state index contributed by atoms with van der Waals surface area (Å²) in [7, 11) is 1.64. The molecule has 29 heavy (non-hydrogen) atoms. The fourth-order valence-electron chi connectivity index (χ4n) is 3.23. The van der Waals surface area contributed by atoms with E-state index in [4.69, 9.17) is 4.42 Å². The van der Waals surface area contributed by atoms with E-state index in [2.05, 4.69) is 0 Å². The molecule has 1 aromatic heterocycles. The zero-order chi connectivity index (χ0) is 20.6. The van der Waals surface area contributed by atoms with Crippen LogP contribution in [0.1, 0.15) is 16.1 Å². The highest BCUT2D eigenvalue weighted by atomic mass is 19.4. The number of fused-ring (bicyclic) bond motifs is 1. The Morgan fingerprint density at radius 3 is 2.41 bits per heavy atom. The van der Waals surface area contributed by atoms with Crippen LogP contribution < -0.4 is 4.90 Å². The second kappa shape index (κ2) is 7.13. The molecule has 0 atom stereocenters. The summed E-state index contributed by atoms with van der Waals surface area (Å²) >= 11 is 0. The quantitative estimate of drug-likeness (QED) is 0.402. The number of alkyl halides is 3. The van der Waals surface area contributed by atoms with E-state index in [1.807, 2.05) is 42.5 Å². The van der Waals surface area contributed by atoms with Gasteiger partial charge in [-0.25, -0.2) is 0 Å². The molecule has 4 aromatic rings. The van der Waals surface area contributed by atoms with E-state index in [1.54, 1.807) is 7.05 Å². The van der Waals surface area contributed by atoms with Crippen molar-refractivity contribution in [1.82, 2.24) is 0 Å². The van der Waals surface area contributed by atoms with Crippen molar-refractivity contribution in [2.24, 2.45) is 0 Å². The van der Waals surface area contributed by atoms with Crippen molar-refractivity contribution in [3.63, 3.8) is 0 Å². The van der Waals surface area contributed by atoms with E-state index >= 15 is 0 Å². The molecule has 0 aliphatic rings. The number of anilines is 1. The first kappa shape index (κ1) is 18.8. The Morgan fingerprint density at radius 2 is 1.62 bits per heavy atom. The maximum Gasteiger partial charge on any atom is 0.416 e. The zero-order valence-corrected chi connectivity index (χ0v) is 15.4. The fraction of sp³-hybridized carbons (Fsp3) is 0.0870. The lowest BCUT2D eigenvalue weighted by molar-refractivity contribution is -0.137. The summed E-state index contributed by atoms with van der Waals surface area (Å²) in [6.07, 6.45) is -4.45. The first-order chi connectivity index (χ1) is 13.8. The van der Waals surface area contributed by atoms with Crippen molar-refractivity contribution in [1.29, 1.82) is 0 Å². The monoisotopic (exact) mass is 395 g/mol. The summed E-state index contributed by atoms with van der Waals surface area (Å²) in [5.41, 5.74) is 0.198. The Labute approximate surface area is 165 Å². The first-order valence-corrected chi connectivity index (χ1v) is 8.88. The van der Waals surface area contributed by atoms with E-state index in [0.29, 0.717) is 5.69 Å². The number of halogens is 3. The van der Waals surface area contributed by atoms with Gasteiger partial charge in [-0.15, -0.1) is 0 Å². The molecule has 0 fully saturated rings. The Kier molecular flexibility index (Phi) is 4.62. The van der Waals surface area contributed by atoms with Crippen LogP contribution in [0, 0.1) is 0 Å². The van der Waals surface area contributed by atoms with Gasteiger partial charge in [0.05, 0.1) is 11.3 Å². The largest absolute Gasteiger partial charge is 0.451 e. The van der Waals surface area contributed by atoms with Crippen LogP contribution in [0.25, 0.3) is 22.1 Å². The molecular formula is C23H16F3NO2. The molecule has 0 unspecified atom stereocenters. The molecule has 0 bridgehead atoms. The van der Waals surface area contributed by atoms with Gasteiger partial charge in [0.25, 0.3) is 5.91 Å². The maximum absolute atomic E-state index is 12.9. The number of furan rings is 1. The van der Waals surface area contributed by atoms with Gasteiger partial charge in [-0.3, -0.25) is 4.79 Å². The normalized spacial score (nSPS) is 11.6. The lowest BCUT2D eigenvalue weighted by Gasteiger charge is -2.18. The Hall–Kier alpha value is -3.54. The van der Waals surface area contributed by atoms with Gasteiger partial charge >= 0.3 is 6.18 Å². The molecule has 0 aliphatic carbocycles. The fourth-order valence-corrected chi connectivity index (χ4v) is 3.23. The Bertz CT molecular complexity index is 1190. The number of rotatable bonds is 3. The average molecular weight is 395 g/mol. The molecule has 0 N–H and O–H groups in total. The maximum atomic E-state index is 12.9. The highest BCUT2D eigenvalue weighted by Gasteiger charge is 2.30. The van der Waals surface area contributed by atoms with Crippen LogP contribution in [-0.4, -0.2) is 13.0 Å². The summed E-state index contributed by atoms with van der Waals surface area (Å²) in [5, 5.41) is 1.91. The molecule has 1 heterocycles. The van der Waals surface area contributed by atoms with Crippen molar-refractivity contribution < 1.29 is 22.4 Å². The molecule has 4 rings (SSSR count). The molecule has 0 saturated carbocycles. The number of benzene rings is 3. The minimum Gasteiger partial charge on any atom is -0.451 e. The average Bonchev–Trinajstić information content (AvgIpc) is 3.22. The lowest BCUT2D eigenvalue weighted by atomic mass is 10.1. The third kappa shape index (κ3) is 3.61. The van der Waals surface area contributed by atoms with Crippen molar-refractivity contribution in [3.05, 3.63) is 90.2 Å². The summed E-state index contributed by atoms with van der Waals surface area (Å²) in [4.78, 5) is 14.4. The second-order valence-electron chi connectivity index (χ2n) is 6.60. The summed E-state index contributed by atoms with van der Waals surface area (Å²) < 4.78 is 44.4. The molecule has 3 nitrogen and oxygen atoms in total. The highest BCUT2D eigenvalue weighted by Crippen LogP contribution is 2.33. The molecular weight excluding hydrogens is 379 g/mol. The Balaban J connectivity index is 1.65. The van der Waals surface area contributed by atoms with Gasteiger partial charge in [0, 0.05) is 18.0 Å². The van der Waals surface area contributed by atoms with Crippen molar-refractivity contribution in [2.45, 2.75) is 6.18 Å². The topological polar surface area (TPSA) is 33.5 Å². The van der Waals surface area contributed by atoms with Crippen LogP contribution >= 0.6 is 0 Å². The molecule has 0 spiro atoms. The summed E-state index contributed by atoms with van der Waals surface area (Å²) in [6, 6.07) is 21.1. The zero-order valence-electron chi connectivity index (χ0n) is 15.4. The van der Waals surface area contributed by atoms with Gasteiger partial charge in [0.1, 0.15) is 5.76 Å². The standard InChI is InChI=1S/C23H16F3NO2/c1-27(19-11-5-7-15-6-2-3-10-18(15)19)22(28)21-13-12-20(29-21)16-8-4-9-17(14-16)23(24,25)26/h2-14H,1H3. The Morgan fingerprint density at radius 1 is 0.897 bits per heavy atom. The highest BCUT2D eigenvalue weighted by molar-refractivity contribution is 6.09. The van der Waals surface area contributed by atoms with E-state index < -0.39 is 11.7 Å². The van der Waals surface area contributed by atoms with E-state index in [0.717, 1.165) is 22.9 Å². The second-order valence-corrected chi connectivity index (χ2v) is 6.60. The van der Waals surface area contributed by atoms with Crippen molar-refractivity contribution in [2.75, 3.05) is 11.9 Å². The third-order valence-electron chi connectivity index (χ3n) is 4.72. The number of hydrogen-bond acceptors (Lipinski definition) is 2. The van der Waals surface area contributed by atoms with Crippen LogP contribution in [0.4, 0.5) is 18.9 Å². The molecule has 0 radical (unpaired) electrons. The van der Waals surface area contributed by atoms with Gasteiger partial charge in [-0.1, -0.05) is 48.5 Å². The number of hydrogen-bond donors (Lipinski definition) is 0. The van der Waals surface area contributed by atoms with Gasteiger partial charge in [0.15, 0.2) is 5.76 Å². The van der Waals surface area contributed by atoms with Gasteiger partial charge < -0.3 is 9.32 Å². The number of carbonyl (C=O) groups excluding carboxylic acids is 1. The van der Waals surface area contributed by atoms with E-state index in [9.17, 15) is 18.0 Å². The summed E-state index contributed by atoms with van der Waals surface area (Å²) in [6.45, 7) is 0. The predicted octanol–water partition coefficient (Wildman–Crippen LogP) is 6.40. The van der Waals surface area contributed by atoms with Gasteiger partial charge in [0.2, 0.25) is 0 Å². The summed E-state index contributed by atoms with van der Waals surface area (Å²) in [5.74, 6) is -0.141. The smallest absolute Gasteiger partial charge is 0.416 e. The number of nitrogens with zero attached hydrogens (tertiary/aromatic N) is 1. The van der Waals surface area contributed by atoms with Gasteiger partial charge in [-0.2, -0.15) is 13.2 Å². The van der Waals surface area contributed by atoms with E-state index in [1.165, 1.54) is 29.2 Å². The SMILES string of the molecule is CN(C(=O)c1ccc(-c2cccc(C(F)(F)F)c2)o1)c1cccc2ccccc12. The first-order valence-electron chi connectivity index (χ1n) is 8.88. The molecule has 0 saturated heterocycles. The van der Waals surface area contributed by atoms with Crippen molar-refractivity contribution >= 4 is 22.4 Å².